The van der Waals surface area contributed by atoms with Crippen LogP contribution in [0.4, 0.5) is 0 Å². The quantitative estimate of drug-likeness (QED) is 0.885. The Morgan fingerprint density at radius 1 is 1.47 bits per heavy atom. The predicted octanol–water partition coefficient (Wildman–Crippen LogP) is 1.88. The van der Waals surface area contributed by atoms with Crippen molar-refractivity contribution in [3.63, 3.8) is 0 Å². The van der Waals surface area contributed by atoms with Crippen molar-refractivity contribution in [1.29, 1.82) is 0 Å². The third-order valence-electron chi connectivity index (χ3n) is 1.96. The van der Waals surface area contributed by atoms with Gasteiger partial charge in [-0.15, -0.1) is 0 Å². The van der Waals surface area contributed by atoms with Gasteiger partial charge in [0.25, 0.3) is 0 Å². The van der Waals surface area contributed by atoms with Gasteiger partial charge in [-0.1, -0.05) is 17.7 Å². The molecule has 0 heterocycles. The van der Waals surface area contributed by atoms with E-state index >= 15 is 0 Å². The van der Waals surface area contributed by atoms with Gasteiger partial charge in [0.15, 0.2) is 9.84 Å². The molecule has 0 spiro atoms. The summed E-state index contributed by atoms with van der Waals surface area (Å²) in [7, 11) is -3.32. The molecule has 0 aliphatic heterocycles. The van der Waals surface area contributed by atoms with Crippen LogP contribution in [-0.2, 0) is 9.84 Å². The van der Waals surface area contributed by atoms with Gasteiger partial charge in [-0.05, 0) is 31.5 Å². The third-order valence-corrected chi connectivity index (χ3v) is 3.94. The first-order valence-electron chi connectivity index (χ1n) is 4.58. The lowest BCUT2D eigenvalue weighted by molar-refractivity contribution is 0.191. The topological polar surface area (TPSA) is 54.4 Å². The molecular formula is C10H13ClO3S. The minimum atomic E-state index is -3.32. The maximum absolute atomic E-state index is 11.7. The summed E-state index contributed by atoms with van der Waals surface area (Å²) in [6.07, 6.45) is -0.381. The zero-order valence-electron chi connectivity index (χ0n) is 8.35. The average molecular weight is 249 g/mol. The number of halogens is 1. The van der Waals surface area contributed by atoms with Crippen LogP contribution in [0.2, 0.25) is 5.02 Å². The highest BCUT2D eigenvalue weighted by molar-refractivity contribution is 7.91. The fourth-order valence-electron chi connectivity index (χ4n) is 1.10. The number of hydrogen-bond acceptors (Lipinski definition) is 3. The van der Waals surface area contributed by atoms with Crippen LogP contribution in [-0.4, -0.2) is 25.4 Å². The Balaban J connectivity index is 2.87. The summed E-state index contributed by atoms with van der Waals surface area (Å²) in [5.74, 6) is -0.0645. The van der Waals surface area contributed by atoms with Crippen molar-refractivity contribution in [2.24, 2.45) is 0 Å². The molecule has 5 heteroatoms. The molecule has 0 bridgehead atoms. The Bertz CT molecular complexity index is 426. The van der Waals surface area contributed by atoms with Gasteiger partial charge in [-0.25, -0.2) is 8.42 Å². The monoisotopic (exact) mass is 248 g/mol. The van der Waals surface area contributed by atoms with Crippen molar-refractivity contribution in [3.8, 4) is 0 Å². The van der Waals surface area contributed by atoms with E-state index in [-0.39, 0.29) is 17.1 Å². The van der Waals surface area contributed by atoms with E-state index in [1.54, 1.807) is 19.1 Å². The van der Waals surface area contributed by atoms with Crippen LogP contribution in [0.5, 0.6) is 0 Å². The summed E-state index contributed by atoms with van der Waals surface area (Å²) in [5, 5.41) is 9.42. The minimum absolute atomic E-state index is 0.0645. The Labute approximate surface area is 94.6 Å². The van der Waals surface area contributed by atoms with Gasteiger partial charge in [-0.3, -0.25) is 0 Å². The van der Waals surface area contributed by atoms with E-state index in [4.69, 9.17) is 16.7 Å². The van der Waals surface area contributed by atoms with Gasteiger partial charge >= 0.3 is 0 Å². The lowest BCUT2D eigenvalue weighted by Gasteiger charge is -2.06. The van der Waals surface area contributed by atoms with E-state index in [1.807, 2.05) is 0 Å². The Hall–Kier alpha value is -0.580. The normalized spacial score (nSPS) is 13.8. The van der Waals surface area contributed by atoms with Crippen molar-refractivity contribution in [1.82, 2.24) is 0 Å². The first-order chi connectivity index (χ1) is 6.92. The van der Waals surface area contributed by atoms with Crippen LogP contribution in [0.25, 0.3) is 0 Å². The van der Waals surface area contributed by atoms with Gasteiger partial charge < -0.3 is 5.11 Å². The smallest absolute Gasteiger partial charge is 0.178 e. The second-order valence-electron chi connectivity index (χ2n) is 3.41. The van der Waals surface area contributed by atoms with Gasteiger partial charge in [0, 0.05) is 5.02 Å². The number of aliphatic hydroxyl groups excluding tert-OH is 1. The van der Waals surface area contributed by atoms with E-state index in [9.17, 15) is 8.42 Å². The summed E-state index contributed by atoms with van der Waals surface area (Å²) in [6, 6.07) is 6.13. The highest BCUT2D eigenvalue weighted by atomic mass is 35.5. The molecule has 3 nitrogen and oxygen atoms in total. The van der Waals surface area contributed by atoms with Gasteiger partial charge in [0.1, 0.15) is 0 Å². The standard InChI is InChI=1S/C10H13ClO3S/c1-8(12)5-6-15(13,14)10-4-2-3-9(11)7-10/h2-4,7-8,12H,5-6H2,1H3. The third kappa shape index (κ3) is 3.81. The molecule has 0 saturated carbocycles. The van der Waals surface area contributed by atoms with Crippen LogP contribution in [0.15, 0.2) is 29.2 Å². The fourth-order valence-corrected chi connectivity index (χ4v) is 2.84. The molecular weight excluding hydrogens is 236 g/mol. The summed E-state index contributed by atoms with van der Waals surface area (Å²) in [5.41, 5.74) is 0. The van der Waals surface area contributed by atoms with Crippen LogP contribution in [0, 0.1) is 0 Å². The van der Waals surface area contributed by atoms with Crippen LogP contribution >= 0.6 is 11.6 Å². The van der Waals surface area contributed by atoms with Crippen molar-refractivity contribution in [2.45, 2.75) is 24.3 Å². The second-order valence-corrected chi connectivity index (χ2v) is 5.96. The Morgan fingerprint density at radius 2 is 2.13 bits per heavy atom. The number of benzene rings is 1. The molecule has 1 atom stereocenters. The van der Waals surface area contributed by atoms with Gasteiger partial charge in [0.05, 0.1) is 16.8 Å². The van der Waals surface area contributed by atoms with E-state index in [1.165, 1.54) is 12.1 Å². The number of rotatable bonds is 4. The zero-order chi connectivity index (χ0) is 11.5. The molecule has 1 N–H and O–H groups in total. The van der Waals surface area contributed by atoms with Crippen molar-refractivity contribution < 1.29 is 13.5 Å². The van der Waals surface area contributed by atoms with Gasteiger partial charge in [0.2, 0.25) is 0 Å². The molecule has 0 aliphatic rings. The maximum atomic E-state index is 11.7. The van der Waals surface area contributed by atoms with Crippen LogP contribution in [0.3, 0.4) is 0 Å². The first-order valence-corrected chi connectivity index (χ1v) is 6.61. The number of aliphatic hydroxyl groups is 1. The SMILES string of the molecule is CC(O)CCS(=O)(=O)c1cccc(Cl)c1. The molecule has 84 valence electrons. The molecule has 0 radical (unpaired) electrons. The molecule has 0 aliphatic carbocycles. The number of hydrogen-bond donors (Lipinski definition) is 1. The van der Waals surface area contributed by atoms with Crippen molar-refractivity contribution >= 4 is 21.4 Å². The number of sulfone groups is 1. The van der Waals surface area contributed by atoms with Crippen LogP contribution in [0.1, 0.15) is 13.3 Å². The zero-order valence-corrected chi connectivity index (χ0v) is 9.92. The molecule has 1 rings (SSSR count). The first kappa shape index (κ1) is 12.5. The van der Waals surface area contributed by atoms with Crippen LogP contribution < -0.4 is 0 Å². The maximum Gasteiger partial charge on any atom is 0.178 e. The molecule has 15 heavy (non-hydrogen) atoms. The van der Waals surface area contributed by atoms with Crippen molar-refractivity contribution in [3.05, 3.63) is 29.3 Å². The highest BCUT2D eigenvalue weighted by Crippen LogP contribution is 2.17. The molecule has 0 saturated heterocycles. The molecule has 1 aromatic carbocycles. The van der Waals surface area contributed by atoms with E-state index < -0.39 is 15.9 Å². The largest absolute Gasteiger partial charge is 0.393 e. The summed E-state index contributed by atoms with van der Waals surface area (Å²) in [4.78, 5) is 0.204. The Kier molecular flexibility index (Phi) is 4.13. The van der Waals surface area contributed by atoms with E-state index in [0.29, 0.717) is 5.02 Å². The van der Waals surface area contributed by atoms with E-state index in [2.05, 4.69) is 0 Å². The fraction of sp³-hybridized carbons (Fsp3) is 0.400. The molecule has 0 aromatic heterocycles. The van der Waals surface area contributed by atoms with Gasteiger partial charge in [-0.2, -0.15) is 0 Å². The second kappa shape index (κ2) is 4.96. The minimum Gasteiger partial charge on any atom is -0.393 e. The molecule has 1 aromatic rings. The molecule has 0 amide bonds. The Morgan fingerprint density at radius 3 is 2.67 bits per heavy atom. The predicted molar refractivity (Wildman–Crippen MR) is 59.8 cm³/mol. The summed E-state index contributed by atoms with van der Waals surface area (Å²) in [6.45, 7) is 1.56. The molecule has 0 fully saturated rings. The molecule has 1 unspecified atom stereocenters. The average Bonchev–Trinajstić information content (AvgIpc) is 2.15. The van der Waals surface area contributed by atoms with Crippen molar-refractivity contribution in [2.75, 3.05) is 5.75 Å². The summed E-state index contributed by atoms with van der Waals surface area (Å²) >= 11 is 5.70. The summed E-state index contributed by atoms with van der Waals surface area (Å²) < 4.78 is 23.4. The lowest BCUT2D eigenvalue weighted by Crippen LogP contribution is -2.12. The highest BCUT2D eigenvalue weighted by Gasteiger charge is 2.15. The lowest BCUT2D eigenvalue weighted by atomic mass is 10.3. The van der Waals surface area contributed by atoms with E-state index in [0.717, 1.165) is 0 Å².